The van der Waals surface area contributed by atoms with Crippen LogP contribution in [0.3, 0.4) is 0 Å². The molecule has 0 aromatic heterocycles. The summed E-state index contributed by atoms with van der Waals surface area (Å²) in [6.45, 7) is 0.355. The first-order chi connectivity index (χ1) is 14.1. The smallest absolute Gasteiger partial charge is 0.266 e. The normalized spacial score (nSPS) is 10.9. The largest absolute Gasteiger partial charge is 0.488 e. The van der Waals surface area contributed by atoms with E-state index in [0.29, 0.717) is 17.9 Å². The van der Waals surface area contributed by atoms with Crippen molar-refractivity contribution < 1.29 is 13.9 Å². The zero-order chi connectivity index (χ0) is 20.6. The van der Waals surface area contributed by atoms with Crippen molar-refractivity contribution in [3.8, 4) is 11.8 Å². The van der Waals surface area contributed by atoms with Crippen LogP contribution in [-0.4, -0.2) is 5.91 Å². The fourth-order valence-corrected chi connectivity index (χ4v) is 2.72. The van der Waals surface area contributed by atoms with Crippen molar-refractivity contribution >= 4 is 29.3 Å². The highest BCUT2D eigenvalue weighted by Crippen LogP contribution is 2.23. The molecule has 0 atom stereocenters. The van der Waals surface area contributed by atoms with Gasteiger partial charge in [-0.15, -0.1) is 0 Å². The highest BCUT2D eigenvalue weighted by Gasteiger charge is 2.12. The summed E-state index contributed by atoms with van der Waals surface area (Å²) in [5, 5.41) is 11.8. The lowest BCUT2D eigenvalue weighted by atomic mass is 10.1. The summed E-state index contributed by atoms with van der Waals surface area (Å²) in [5.74, 6) is -0.681. The number of rotatable bonds is 6. The summed E-state index contributed by atoms with van der Waals surface area (Å²) >= 11 is 5.72. The standard InChI is InChI=1S/C23H16ClFN2O2/c24-20-13-19(10-11-21(20)25)27-23(28)18(14-26)12-17-8-4-5-9-22(17)29-15-16-6-2-1-3-7-16/h1-13H,15H2,(H,27,28)/b18-12+. The average Bonchev–Trinajstić information content (AvgIpc) is 2.74. The Morgan fingerprint density at radius 3 is 2.55 bits per heavy atom. The molecule has 0 spiro atoms. The molecule has 29 heavy (non-hydrogen) atoms. The Bertz CT molecular complexity index is 1090. The molecule has 0 aliphatic rings. The molecule has 6 heteroatoms. The van der Waals surface area contributed by atoms with E-state index < -0.39 is 11.7 Å². The molecule has 1 N–H and O–H groups in total. The molecular formula is C23H16ClFN2O2. The number of hydrogen-bond donors (Lipinski definition) is 1. The van der Waals surface area contributed by atoms with Gasteiger partial charge in [0.05, 0.1) is 5.02 Å². The molecule has 0 radical (unpaired) electrons. The van der Waals surface area contributed by atoms with Gasteiger partial charge >= 0.3 is 0 Å². The molecule has 3 aromatic carbocycles. The topological polar surface area (TPSA) is 62.1 Å². The first kappa shape index (κ1) is 20.1. The van der Waals surface area contributed by atoms with Crippen molar-refractivity contribution in [3.63, 3.8) is 0 Å². The summed E-state index contributed by atoms with van der Waals surface area (Å²) in [6.07, 6.45) is 1.45. The number of para-hydroxylation sites is 1. The molecule has 0 heterocycles. The zero-order valence-corrected chi connectivity index (χ0v) is 16.0. The van der Waals surface area contributed by atoms with Crippen LogP contribution in [0, 0.1) is 17.1 Å². The Hall–Kier alpha value is -3.62. The molecule has 4 nitrogen and oxygen atoms in total. The van der Waals surface area contributed by atoms with E-state index in [1.54, 1.807) is 18.2 Å². The number of halogens is 2. The summed E-state index contributed by atoms with van der Waals surface area (Å²) in [7, 11) is 0. The van der Waals surface area contributed by atoms with Gasteiger partial charge in [0.2, 0.25) is 0 Å². The second-order valence-electron chi connectivity index (χ2n) is 6.06. The first-order valence-electron chi connectivity index (χ1n) is 8.71. The van der Waals surface area contributed by atoms with Crippen LogP contribution in [-0.2, 0) is 11.4 Å². The molecule has 0 bridgehead atoms. The molecule has 0 saturated carbocycles. The predicted molar refractivity (Wildman–Crippen MR) is 111 cm³/mol. The van der Waals surface area contributed by atoms with E-state index in [1.807, 2.05) is 42.5 Å². The Kier molecular flexibility index (Phi) is 6.62. The van der Waals surface area contributed by atoms with Gasteiger partial charge in [0.25, 0.3) is 5.91 Å². The van der Waals surface area contributed by atoms with Crippen LogP contribution >= 0.6 is 11.6 Å². The number of nitrogens with zero attached hydrogens (tertiary/aromatic N) is 1. The minimum Gasteiger partial charge on any atom is -0.488 e. The van der Waals surface area contributed by atoms with Crippen molar-refractivity contribution in [3.05, 3.63) is 100 Å². The summed E-state index contributed by atoms with van der Waals surface area (Å²) in [6, 6.07) is 22.4. The van der Waals surface area contributed by atoms with Crippen molar-refractivity contribution in [2.24, 2.45) is 0 Å². The van der Waals surface area contributed by atoms with Crippen molar-refractivity contribution in [1.82, 2.24) is 0 Å². The highest BCUT2D eigenvalue weighted by atomic mass is 35.5. The summed E-state index contributed by atoms with van der Waals surface area (Å²) in [5.41, 5.74) is 1.75. The maximum atomic E-state index is 13.3. The van der Waals surface area contributed by atoms with Crippen LogP contribution in [0.5, 0.6) is 5.75 Å². The van der Waals surface area contributed by atoms with E-state index in [9.17, 15) is 14.4 Å². The quantitative estimate of drug-likeness (QED) is 0.428. The molecule has 0 saturated heterocycles. The molecule has 0 fully saturated rings. The van der Waals surface area contributed by atoms with Gasteiger partial charge in [0, 0.05) is 11.3 Å². The SMILES string of the molecule is N#C/C(=C\c1ccccc1OCc1ccccc1)C(=O)Nc1ccc(F)c(Cl)c1. The van der Waals surface area contributed by atoms with E-state index in [1.165, 1.54) is 18.2 Å². The Labute approximate surface area is 172 Å². The maximum absolute atomic E-state index is 13.3. The van der Waals surface area contributed by atoms with Gasteiger partial charge in [-0.1, -0.05) is 60.1 Å². The second-order valence-corrected chi connectivity index (χ2v) is 6.47. The van der Waals surface area contributed by atoms with Crippen molar-refractivity contribution in [2.75, 3.05) is 5.32 Å². The van der Waals surface area contributed by atoms with Crippen LogP contribution < -0.4 is 10.1 Å². The number of benzene rings is 3. The predicted octanol–water partition coefficient (Wildman–Crippen LogP) is 5.60. The van der Waals surface area contributed by atoms with Gasteiger partial charge in [0.15, 0.2) is 0 Å². The minimum absolute atomic E-state index is 0.120. The van der Waals surface area contributed by atoms with Crippen molar-refractivity contribution in [1.29, 1.82) is 5.26 Å². The van der Waals surface area contributed by atoms with Crippen LogP contribution in [0.2, 0.25) is 5.02 Å². The zero-order valence-electron chi connectivity index (χ0n) is 15.2. The number of hydrogen-bond acceptors (Lipinski definition) is 3. The summed E-state index contributed by atoms with van der Waals surface area (Å²) in [4.78, 5) is 12.5. The third-order valence-corrected chi connectivity index (χ3v) is 4.29. The molecule has 1 amide bonds. The van der Waals surface area contributed by atoms with Gasteiger partial charge in [-0.2, -0.15) is 5.26 Å². The Morgan fingerprint density at radius 2 is 1.83 bits per heavy atom. The van der Waals surface area contributed by atoms with Crippen LogP contribution in [0.4, 0.5) is 10.1 Å². The third-order valence-electron chi connectivity index (χ3n) is 4.00. The van der Waals surface area contributed by atoms with Crippen molar-refractivity contribution in [2.45, 2.75) is 6.61 Å². The number of ether oxygens (including phenoxy) is 1. The fourth-order valence-electron chi connectivity index (χ4n) is 2.54. The minimum atomic E-state index is -0.631. The van der Waals surface area contributed by atoms with Crippen LogP contribution in [0.1, 0.15) is 11.1 Å². The molecule has 3 rings (SSSR count). The number of amides is 1. The highest BCUT2D eigenvalue weighted by molar-refractivity contribution is 6.31. The van der Waals surface area contributed by atoms with Crippen LogP contribution in [0.25, 0.3) is 6.08 Å². The van der Waals surface area contributed by atoms with E-state index >= 15 is 0 Å². The van der Waals surface area contributed by atoms with E-state index in [2.05, 4.69) is 5.32 Å². The number of anilines is 1. The Morgan fingerprint density at radius 1 is 1.10 bits per heavy atom. The molecule has 0 aliphatic carbocycles. The average molecular weight is 407 g/mol. The van der Waals surface area contributed by atoms with Gasteiger partial charge in [-0.05, 0) is 35.9 Å². The third kappa shape index (κ3) is 5.44. The lowest BCUT2D eigenvalue weighted by Crippen LogP contribution is -2.13. The van der Waals surface area contributed by atoms with Gasteiger partial charge < -0.3 is 10.1 Å². The summed E-state index contributed by atoms with van der Waals surface area (Å²) < 4.78 is 19.1. The Balaban J connectivity index is 1.78. The van der Waals surface area contributed by atoms with Gasteiger partial charge in [-0.3, -0.25) is 4.79 Å². The van der Waals surface area contributed by atoms with E-state index in [-0.39, 0.29) is 16.3 Å². The number of carbonyl (C=O) groups excluding carboxylic acids is 1. The van der Waals surface area contributed by atoms with E-state index in [4.69, 9.17) is 16.3 Å². The van der Waals surface area contributed by atoms with Crippen LogP contribution in [0.15, 0.2) is 78.4 Å². The number of carbonyl (C=O) groups is 1. The molecular weight excluding hydrogens is 391 g/mol. The van der Waals surface area contributed by atoms with Gasteiger partial charge in [0.1, 0.15) is 29.8 Å². The molecule has 144 valence electrons. The van der Waals surface area contributed by atoms with Gasteiger partial charge in [-0.25, -0.2) is 4.39 Å². The first-order valence-corrected chi connectivity index (χ1v) is 9.08. The monoisotopic (exact) mass is 406 g/mol. The molecule has 0 unspecified atom stereocenters. The lowest BCUT2D eigenvalue weighted by molar-refractivity contribution is -0.112. The maximum Gasteiger partial charge on any atom is 0.266 e. The second kappa shape index (κ2) is 9.54. The molecule has 0 aliphatic heterocycles. The number of nitrogens with one attached hydrogen (secondary N) is 1. The van der Waals surface area contributed by atoms with E-state index in [0.717, 1.165) is 11.6 Å². The number of nitriles is 1. The fraction of sp³-hybridized carbons (Fsp3) is 0.0435. The lowest BCUT2D eigenvalue weighted by Gasteiger charge is -2.10. The molecule has 3 aromatic rings.